The van der Waals surface area contributed by atoms with Crippen molar-refractivity contribution in [3.05, 3.63) is 59.1 Å². The van der Waals surface area contributed by atoms with Gasteiger partial charge in [-0.25, -0.2) is 9.98 Å². The highest BCUT2D eigenvalue weighted by Gasteiger charge is 2.39. The summed E-state index contributed by atoms with van der Waals surface area (Å²) in [5.74, 6) is 0.854. The fourth-order valence-electron chi connectivity index (χ4n) is 3.72. The Morgan fingerprint density at radius 2 is 1.89 bits per heavy atom. The molecule has 0 bridgehead atoms. The molecule has 1 N–H and O–H groups in total. The van der Waals surface area contributed by atoms with Crippen LogP contribution in [-0.2, 0) is 4.79 Å². The third-order valence-electron chi connectivity index (χ3n) is 5.25. The van der Waals surface area contributed by atoms with Gasteiger partial charge in [-0.3, -0.25) is 9.69 Å². The molecule has 28 heavy (non-hydrogen) atoms. The minimum Gasteiger partial charge on any atom is -0.508 e. The first-order valence-corrected chi connectivity index (χ1v) is 10.5. The Hall–Kier alpha value is -2.60. The second-order valence-electron chi connectivity index (χ2n) is 7.15. The van der Waals surface area contributed by atoms with Gasteiger partial charge < -0.3 is 5.11 Å². The number of amides is 1. The van der Waals surface area contributed by atoms with Gasteiger partial charge in [0.15, 0.2) is 11.0 Å². The molecule has 1 aromatic carbocycles. The molecule has 2 heterocycles. The van der Waals surface area contributed by atoms with Crippen molar-refractivity contribution in [3.8, 4) is 5.75 Å². The number of benzene rings is 1. The van der Waals surface area contributed by atoms with Gasteiger partial charge in [0, 0.05) is 12.2 Å². The van der Waals surface area contributed by atoms with Crippen molar-refractivity contribution >= 4 is 34.2 Å². The summed E-state index contributed by atoms with van der Waals surface area (Å²) < 4.78 is 0. The highest BCUT2D eigenvalue weighted by atomic mass is 32.2. The average molecular weight is 394 g/mol. The Morgan fingerprint density at radius 3 is 2.57 bits per heavy atom. The van der Waals surface area contributed by atoms with Crippen LogP contribution in [0.1, 0.15) is 44.6 Å². The molecule has 1 saturated carbocycles. The van der Waals surface area contributed by atoms with Crippen LogP contribution in [0, 0.1) is 0 Å². The zero-order chi connectivity index (χ0) is 19.5. The highest BCUT2D eigenvalue weighted by molar-refractivity contribution is 8.18. The van der Waals surface area contributed by atoms with Crippen LogP contribution in [0.5, 0.6) is 5.75 Å². The predicted octanol–water partition coefficient (Wildman–Crippen LogP) is 5.11. The lowest BCUT2D eigenvalue weighted by Crippen LogP contribution is -2.40. The lowest BCUT2D eigenvalue weighted by atomic mass is 9.94. The van der Waals surface area contributed by atoms with E-state index in [9.17, 15) is 9.90 Å². The van der Waals surface area contributed by atoms with E-state index in [2.05, 4.69) is 4.98 Å². The van der Waals surface area contributed by atoms with E-state index in [1.54, 1.807) is 18.3 Å². The summed E-state index contributed by atoms with van der Waals surface area (Å²) in [5.41, 5.74) is 1.83. The van der Waals surface area contributed by atoms with Crippen molar-refractivity contribution in [1.82, 2.24) is 9.88 Å². The Bertz CT molecular complexity index is 917. The van der Waals surface area contributed by atoms with E-state index in [0.29, 0.717) is 15.9 Å². The number of allylic oxidation sites excluding steroid dienone is 1. The molecule has 2 aliphatic rings. The Kier molecular flexibility index (Phi) is 5.48. The molecule has 0 radical (unpaired) electrons. The summed E-state index contributed by atoms with van der Waals surface area (Å²) >= 11 is 1.43. The van der Waals surface area contributed by atoms with Crippen molar-refractivity contribution < 1.29 is 9.90 Å². The van der Waals surface area contributed by atoms with E-state index in [4.69, 9.17) is 4.99 Å². The van der Waals surface area contributed by atoms with Gasteiger partial charge in [0.25, 0.3) is 5.91 Å². The van der Waals surface area contributed by atoms with E-state index in [-0.39, 0.29) is 17.7 Å². The molecule has 1 amide bonds. The minimum absolute atomic E-state index is 0.0251. The third kappa shape index (κ3) is 3.83. The second-order valence-corrected chi connectivity index (χ2v) is 8.13. The average Bonchev–Trinajstić information content (AvgIpc) is 3.05. The van der Waals surface area contributed by atoms with Crippen LogP contribution in [0.25, 0.3) is 5.57 Å². The topological polar surface area (TPSA) is 65.8 Å². The Labute approximate surface area is 169 Å². The lowest BCUT2D eigenvalue weighted by Gasteiger charge is -2.30. The number of phenolic OH excluding ortho intramolecular Hbond substituents is 1. The maximum Gasteiger partial charge on any atom is 0.267 e. The largest absolute Gasteiger partial charge is 0.508 e. The summed E-state index contributed by atoms with van der Waals surface area (Å²) in [6.45, 7) is 1.95. The summed E-state index contributed by atoms with van der Waals surface area (Å²) in [7, 11) is 0. The standard InChI is InChI=1S/C22H23N3O2S/c1-15(16-10-12-18(26)13-11-16)20-21(27)25(17-7-3-2-4-8-17)22(28-20)24-19-9-5-6-14-23-19/h5-6,9-14,17,26H,2-4,7-8H2,1H3/b20-15-,24-22+. The van der Waals surface area contributed by atoms with Gasteiger partial charge in [0.1, 0.15) is 5.75 Å². The number of phenols is 1. The molecule has 144 valence electrons. The van der Waals surface area contributed by atoms with Crippen LogP contribution in [0.2, 0.25) is 0 Å². The monoisotopic (exact) mass is 393 g/mol. The molecule has 2 aromatic rings. The Morgan fingerprint density at radius 1 is 1.14 bits per heavy atom. The van der Waals surface area contributed by atoms with Gasteiger partial charge in [0.2, 0.25) is 0 Å². The molecule has 1 aromatic heterocycles. The van der Waals surface area contributed by atoms with Crippen LogP contribution in [0.3, 0.4) is 0 Å². The van der Waals surface area contributed by atoms with Crippen molar-refractivity contribution in [2.45, 2.75) is 45.1 Å². The zero-order valence-corrected chi connectivity index (χ0v) is 16.7. The van der Waals surface area contributed by atoms with E-state index in [0.717, 1.165) is 36.8 Å². The van der Waals surface area contributed by atoms with E-state index < -0.39 is 0 Å². The summed E-state index contributed by atoms with van der Waals surface area (Å²) in [6, 6.07) is 12.8. The number of thioether (sulfide) groups is 1. The number of amidine groups is 1. The van der Waals surface area contributed by atoms with Crippen LogP contribution in [-0.4, -0.2) is 32.1 Å². The number of carbonyl (C=O) groups excluding carboxylic acids is 1. The molecule has 6 heteroatoms. The normalized spacial score (nSPS) is 21.4. The van der Waals surface area contributed by atoms with Gasteiger partial charge in [-0.15, -0.1) is 0 Å². The number of hydrogen-bond donors (Lipinski definition) is 1. The van der Waals surface area contributed by atoms with Gasteiger partial charge >= 0.3 is 0 Å². The molecule has 1 saturated heterocycles. The number of aromatic nitrogens is 1. The third-order valence-corrected chi connectivity index (χ3v) is 6.41. The fraction of sp³-hybridized carbons (Fsp3) is 0.318. The first kappa shape index (κ1) is 18.7. The maximum atomic E-state index is 13.4. The summed E-state index contributed by atoms with van der Waals surface area (Å²) in [5, 5.41) is 10.3. The molecule has 5 nitrogen and oxygen atoms in total. The number of rotatable bonds is 3. The smallest absolute Gasteiger partial charge is 0.267 e. The number of carbonyl (C=O) groups is 1. The summed E-state index contributed by atoms with van der Waals surface area (Å²) in [4.78, 5) is 25.0. The molecule has 0 unspecified atom stereocenters. The molecule has 4 rings (SSSR count). The second kappa shape index (κ2) is 8.19. The maximum absolute atomic E-state index is 13.4. The molecular formula is C22H23N3O2S. The predicted molar refractivity (Wildman–Crippen MR) is 113 cm³/mol. The molecule has 1 aliphatic carbocycles. The minimum atomic E-state index is 0.0251. The number of nitrogens with zero attached hydrogens (tertiary/aromatic N) is 3. The zero-order valence-electron chi connectivity index (χ0n) is 15.8. The van der Waals surface area contributed by atoms with Gasteiger partial charge in [-0.1, -0.05) is 37.5 Å². The number of hydrogen-bond acceptors (Lipinski definition) is 5. The first-order chi connectivity index (χ1) is 13.6. The first-order valence-electron chi connectivity index (χ1n) is 9.65. The van der Waals surface area contributed by atoms with E-state index >= 15 is 0 Å². The number of aliphatic imine (C=N–C) groups is 1. The van der Waals surface area contributed by atoms with Crippen molar-refractivity contribution in [2.75, 3.05) is 0 Å². The Balaban J connectivity index is 1.74. The number of aromatic hydroxyl groups is 1. The van der Waals surface area contributed by atoms with E-state index in [1.807, 2.05) is 42.2 Å². The number of pyridine rings is 1. The fourth-order valence-corrected chi connectivity index (χ4v) is 4.82. The lowest BCUT2D eigenvalue weighted by molar-refractivity contribution is -0.124. The molecule has 2 fully saturated rings. The van der Waals surface area contributed by atoms with E-state index in [1.165, 1.54) is 18.2 Å². The summed E-state index contributed by atoms with van der Waals surface area (Å²) in [6.07, 6.45) is 7.26. The molecule has 0 spiro atoms. The van der Waals surface area contributed by atoms with Crippen molar-refractivity contribution in [1.29, 1.82) is 0 Å². The molecule has 1 aliphatic heterocycles. The van der Waals surface area contributed by atoms with Crippen LogP contribution in [0.15, 0.2) is 58.6 Å². The highest BCUT2D eigenvalue weighted by Crippen LogP contribution is 2.40. The quantitative estimate of drug-likeness (QED) is 0.736. The van der Waals surface area contributed by atoms with Gasteiger partial charge in [-0.2, -0.15) is 0 Å². The molecule has 0 atom stereocenters. The SMILES string of the molecule is C/C(=C1/S/C(=N/c2ccccn2)N(C2CCCCC2)C1=O)c1ccc(O)cc1. The molecular weight excluding hydrogens is 370 g/mol. The van der Waals surface area contributed by atoms with Crippen LogP contribution in [0.4, 0.5) is 5.82 Å². The van der Waals surface area contributed by atoms with Crippen molar-refractivity contribution in [3.63, 3.8) is 0 Å². The van der Waals surface area contributed by atoms with Crippen LogP contribution >= 0.6 is 11.8 Å². The van der Waals surface area contributed by atoms with Crippen LogP contribution < -0.4 is 0 Å². The van der Waals surface area contributed by atoms with Gasteiger partial charge in [-0.05, 0) is 66.9 Å². The van der Waals surface area contributed by atoms with Gasteiger partial charge in [0.05, 0.1) is 4.91 Å². The van der Waals surface area contributed by atoms with Crippen molar-refractivity contribution in [2.24, 2.45) is 4.99 Å².